The summed E-state index contributed by atoms with van der Waals surface area (Å²) in [6.07, 6.45) is 10.8. The Kier molecular flexibility index (Phi) is 10.8. The molecule has 3 aromatic rings. The highest BCUT2D eigenvalue weighted by molar-refractivity contribution is 5.91. The number of H-pyrrole nitrogens is 1. The molecule has 200 valence electrons. The minimum Gasteiger partial charge on any atom is -0.348 e. The lowest BCUT2D eigenvalue weighted by Gasteiger charge is -2.19. The lowest BCUT2D eigenvalue weighted by molar-refractivity contribution is 0.346. The summed E-state index contributed by atoms with van der Waals surface area (Å²) in [5.41, 5.74) is 1.55. The van der Waals surface area contributed by atoms with Crippen molar-refractivity contribution >= 4 is 5.71 Å². The van der Waals surface area contributed by atoms with E-state index in [9.17, 15) is 0 Å². The molecule has 0 aromatic carbocycles. The highest BCUT2D eigenvalue weighted by Gasteiger charge is 2.20. The summed E-state index contributed by atoms with van der Waals surface area (Å²) in [6, 6.07) is 0. The Morgan fingerprint density at radius 1 is 0.806 bits per heavy atom. The van der Waals surface area contributed by atoms with E-state index >= 15 is 0 Å². The standard InChI is InChI=1S/2C7H12N2.C6H11N3.C5H10N4/c1-7(2,3)9-5-4-8-6-9;1-7(2,3)6-8-4-5-9-6;1-6(2,3)5-4-7-9-8-5;1-5(2,3)9-4-6-7-8-9/h4-6H,1-3H3;4-5H,1-3H3,(H,8,9);4H2,1-3H3;4H,1-3H3. The highest BCUT2D eigenvalue weighted by atomic mass is 15.5. The number of imidazole rings is 2. The van der Waals surface area contributed by atoms with Crippen LogP contribution < -0.4 is 0 Å². The molecular weight excluding hydrogens is 454 g/mol. The van der Waals surface area contributed by atoms with Crippen molar-refractivity contribution in [3.05, 3.63) is 43.3 Å². The van der Waals surface area contributed by atoms with Gasteiger partial charge in [-0.25, -0.2) is 14.6 Å². The van der Waals surface area contributed by atoms with Crippen LogP contribution in [0.4, 0.5) is 0 Å². The Morgan fingerprint density at radius 3 is 1.69 bits per heavy atom. The summed E-state index contributed by atoms with van der Waals surface area (Å²) >= 11 is 0. The van der Waals surface area contributed by atoms with E-state index in [0.717, 1.165) is 11.5 Å². The summed E-state index contributed by atoms with van der Waals surface area (Å²) in [7, 11) is 0. The molecule has 1 aliphatic rings. The van der Waals surface area contributed by atoms with Gasteiger partial charge in [0.2, 0.25) is 0 Å². The van der Waals surface area contributed by atoms with E-state index < -0.39 is 0 Å². The normalized spacial score (nSPS) is 13.5. The zero-order valence-corrected chi connectivity index (χ0v) is 24.1. The third kappa shape index (κ3) is 11.5. The number of hydrogen-bond donors (Lipinski definition) is 1. The van der Waals surface area contributed by atoms with Gasteiger partial charge in [-0.05, 0) is 57.2 Å². The first kappa shape index (κ1) is 30.8. The minimum atomic E-state index is 0.00347. The second kappa shape index (κ2) is 12.6. The molecule has 0 spiro atoms. The van der Waals surface area contributed by atoms with E-state index in [2.05, 4.69) is 113 Å². The second-order valence-corrected chi connectivity index (χ2v) is 12.4. The average molecular weight is 500 g/mol. The van der Waals surface area contributed by atoms with Crippen LogP contribution in [-0.2, 0) is 16.5 Å². The summed E-state index contributed by atoms with van der Waals surface area (Å²) in [5.74, 6) is 1.04. The smallest absolute Gasteiger partial charge is 0.138 e. The Hall–Kier alpha value is -3.24. The molecular formula is C25H45N11. The van der Waals surface area contributed by atoms with Crippen molar-refractivity contribution in [2.24, 2.45) is 20.9 Å². The predicted octanol–water partition coefficient (Wildman–Crippen LogP) is 5.63. The van der Waals surface area contributed by atoms with Crippen molar-refractivity contribution in [2.75, 3.05) is 6.54 Å². The van der Waals surface area contributed by atoms with Crippen LogP contribution in [0.15, 0.2) is 52.9 Å². The molecule has 1 aliphatic heterocycles. The Labute approximate surface area is 215 Å². The SMILES string of the molecule is CC(C)(C)C1=NN=NC1.CC(C)(C)c1ncc[nH]1.CC(C)(C)n1ccnc1.CC(C)(C)n1cnnn1. The van der Waals surface area contributed by atoms with Crippen LogP contribution >= 0.6 is 0 Å². The predicted molar refractivity (Wildman–Crippen MR) is 144 cm³/mol. The molecule has 3 aromatic heterocycles. The molecule has 0 fully saturated rings. The molecule has 0 aliphatic carbocycles. The third-order valence-corrected chi connectivity index (χ3v) is 4.84. The van der Waals surface area contributed by atoms with Crippen LogP contribution in [0, 0.1) is 5.41 Å². The molecule has 11 heteroatoms. The fourth-order valence-corrected chi connectivity index (χ4v) is 2.40. The van der Waals surface area contributed by atoms with Crippen LogP contribution in [-0.4, -0.2) is 52.0 Å². The van der Waals surface area contributed by atoms with Gasteiger partial charge in [0, 0.05) is 41.2 Å². The van der Waals surface area contributed by atoms with Gasteiger partial charge in [0.15, 0.2) is 0 Å². The Bertz CT molecular complexity index is 913. The molecule has 0 bridgehead atoms. The lowest BCUT2D eigenvalue weighted by Crippen LogP contribution is -2.22. The molecule has 1 N–H and O–H groups in total. The van der Waals surface area contributed by atoms with Crippen molar-refractivity contribution in [2.45, 2.75) is 99.6 Å². The molecule has 4 heterocycles. The van der Waals surface area contributed by atoms with Crippen LogP contribution in [0.1, 0.15) is 88.9 Å². The fraction of sp³-hybridized carbons (Fsp3) is 0.680. The summed E-state index contributed by atoms with van der Waals surface area (Å²) in [5, 5.41) is 22.0. The van der Waals surface area contributed by atoms with Gasteiger partial charge < -0.3 is 9.55 Å². The Balaban J connectivity index is 0.000000240. The fourth-order valence-electron chi connectivity index (χ4n) is 2.40. The van der Waals surface area contributed by atoms with Gasteiger partial charge in [0.05, 0.1) is 17.6 Å². The lowest BCUT2D eigenvalue weighted by atomic mass is 9.90. The number of nitrogens with one attached hydrogen (secondary N) is 1. The van der Waals surface area contributed by atoms with Crippen LogP contribution in [0.25, 0.3) is 0 Å². The van der Waals surface area contributed by atoms with Crippen LogP contribution in [0.3, 0.4) is 0 Å². The molecule has 36 heavy (non-hydrogen) atoms. The van der Waals surface area contributed by atoms with E-state index in [1.165, 1.54) is 0 Å². The maximum absolute atomic E-state index is 4.13. The molecule has 4 rings (SSSR count). The average Bonchev–Trinajstić information content (AvgIpc) is 3.57. The van der Waals surface area contributed by atoms with Gasteiger partial charge >= 0.3 is 0 Å². The summed E-state index contributed by atoms with van der Waals surface area (Å²) in [4.78, 5) is 11.1. The van der Waals surface area contributed by atoms with Crippen LogP contribution in [0.2, 0.25) is 0 Å². The second-order valence-electron chi connectivity index (χ2n) is 12.4. The van der Waals surface area contributed by atoms with Crippen molar-refractivity contribution in [3.8, 4) is 0 Å². The number of hydrogen-bond acceptors (Lipinski definition) is 8. The van der Waals surface area contributed by atoms with E-state index in [0.29, 0.717) is 6.54 Å². The summed E-state index contributed by atoms with van der Waals surface area (Å²) < 4.78 is 3.79. The van der Waals surface area contributed by atoms with Crippen molar-refractivity contribution in [1.82, 2.24) is 39.7 Å². The highest BCUT2D eigenvalue weighted by Crippen LogP contribution is 2.19. The van der Waals surface area contributed by atoms with Crippen molar-refractivity contribution in [3.63, 3.8) is 0 Å². The van der Waals surface area contributed by atoms with Gasteiger partial charge in [-0.2, -0.15) is 5.11 Å². The topological polar surface area (TPSA) is 127 Å². The molecule has 0 saturated carbocycles. The molecule has 0 saturated heterocycles. The van der Waals surface area contributed by atoms with Gasteiger partial charge in [-0.15, -0.1) is 10.2 Å². The quantitative estimate of drug-likeness (QED) is 0.429. The number of aromatic amines is 1. The van der Waals surface area contributed by atoms with Crippen LogP contribution in [0.5, 0.6) is 0 Å². The first-order valence-electron chi connectivity index (χ1n) is 12.1. The largest absolute Gasteiger partial charge is 0.348 e. The molecule has 0 amide bonds. The van der Waals surface area contributed by atoms with Gasteiger partial charge in [-0.3, -0.25) is 0 Å². The third-order valence-electron chi connectivity index (χ3n) is 4.84. The van der Waals surface area contributed by atoms with Gasteiger partial charge in [0.25, 0.3) is 0 Å². The minimum absolute atomic E-state index is 0.00347. The van der Waals surface area contributed by atoms with Crippen molar-refractivity contribution < 1.29 is 0 Å². The molecule has 0 radical (unpaired) electrons. The van der Waals surface area contributed by atoms with E-state index in [4.69, 9.17) is 0 Å². The maximum atomic E-state index is 4.13. The summed E-state index contributed by atoms with van der Waals surface area (Å²) in [6.45, 7) is 26.0. The Morgan fingerprint density at radius 2 is 1.47 bits per heavy atom. The maximum Gasteiger partial charge on any atom is 0.138 e. The number of aromatic nitrogens is 8. The number of rotatable bonds is 0. The van der Waals surface area contributed by atoms with Gasteiger partial charge in [0.1, 0.15) is 18.7 Å². The van der Waals surface area contributed by atoms with E-state index in [-0.39, 0.29) is 21.9 Å². The number of tetrazole rings is 1. The van der Waals surface area contributed by atoms with Crippen molar-refractivity contribution in [1.29, 1.82) is 0 Å². The molecule has 11 nitrogen and oxygen atoms in total. The zero-order valence-electron chi connectivity index (χ0n) is 24.1. The monoisotopic (exact) mass is 499 g/mol. The first-order valence-corrected chi connectivity index (χ1v) is 12.1. The number of nitrogens with zero attached hydrogens (tertiary/aromatic N) is 10. The molecule has 0 unspecified atom stereocenters. The molecule has 0 atom stereocenters. The zero-order chi connectivity index (χ0) is 27.6. The van der Waals surface area contributed by atoms with E-state index in [1.54, 1.807) is 23.4 Å². The van der Waals surface area contributed by atoms with Gasteiger partial charge in [-0.1, -0.05) is 41.5 Å². The first-order chi connectivity index (χ1) is 16.4. The van der Waals surface area contributed by atoms with E-state index in [1.807, 2.05) is 39.5 Å².